The van der Waals surface area contributed by atoms with Crippen LogP contribution in [0.3, 0.4) is 0 Å². The molecule has 0 radical (unpaired) electrons. The van der Waals surface area contributed by atoms with Crippen LogP contribution >= 0.6 is 0 Å². The van der Waals surface area contributed by atoms with Crippen molar-refractivity contribution >= 4 is 0 Å². The van der Waals surface area contributed by atoms with Crippen LogP contribution in [0, 0.1) is 5.92 Å². The lowest BCUT2D eigenvalue weighted by Crippen LogP contribution is -2.30. The minimum absolute atomic E-state index is 0.877. The zero-order valence-corrected chi connectivity index (χ0v) is 12.7. The van der Waals surface area contributed by atoms with Crippen LogP contribution in [0.1, 0.15) is 70.6 Å². The maximum atomic E-state index is 5.85. The lowest BCUT2D eigenvalue weighted by atomic mass is 9.90. The second-order valence-corrected chi connectivity index (χ2v) is 6.54. The molecule has 19 heavy (non-hydrogen) atoms. The molecule has 2 aliphatic rings. The summed E-state index contributed by atoms with van der Waals surface area (Å²) in [6.07, 6.45) is 15.4. The molecule has 0 atom stereocenters. The normalized spacial score (nSPS) is 22.7. The van der Waals surface area contributed by atoms with Crippen LogP contribution < -0.4 is 0 Å². The molecule has 2 nitrogen and oxygen atoms in total. The van der Waals surface area contributed by atoms with E-state index in [-0.39, 0.29) is 0 Å². The summed E-state index contributed by atoms with van der Waals surface area (Å²) < 4.78 is 5.85. The summed E-state index contributed by atoms with van der Waals surface area (Å²) >= 11 is 0. The Hall–Kier alpha value is -0.0800. The number of hydrogen-bond donors (Lipinski definition) is 0. The van der Waals surface area contributed by atoms with Crippen molar-refractivity contribution < 1.29 is 4.74 Å². The summed E-state index contributed by atoms with van der Waals surface area (Å²) in [5.74, 6) is 0.877. The first-order valence-corrected chi connectivity index (χ1v) is 8.75. The minimum Gasteiger partial charge on any atom is -0.381 e. The monoisotopic (exact) mass is 267 g/mol. The van der Waals surface area contributed by atoms with Crippen molar-refractivity contribution in [1.82, 2.24) is 4.90 Å². The fourth-order valence-electron chi connectivity index (χ4n) is 3.50. The van der Waals surface area contributed by atoms with Crippen molar-refractivity contribution in [3.8, 4) is 0 Å². The minimum atomic E-state index is 0.877. The van der Waals surface area contributed by atoms with Crippen LogP contribution in [0.5, 0.6) is 0 Å². The predicted octanol–water partition coefficient (Wildman–Crippen LogP) is 4.24. The second kappa shape index (κ2) is 9.77. The summed E-state index contributed by atoms with van der Waals surface area (Å²) in [7, 11) is 0. The van der Waals surface area contributed by atoms with Crippen molar-refractivity contribution in [3.63, 3.8) is 0 Å². The number of ether oxygens (including phenoxy) is 1. The van der Waals surface area contributed by atoms with E-state index in [9.17, 15) is 0 Å². The van der Waals surface area contributed by atoms with E-state index in [1.165, 1.54) is 90.3 Å². The van der Waals surface area contributed by atoms with Gasteiger partial charge in [0.1, 0.15) is 0 Å². The molecule has 1 aliphatic carbocycles. The molecule has 0 amide bonds. The zero-order chi connectivity index (χ0) is 13.2. The van der Waals surface area contributed by atoms with Crippen molar-refractivity contribution in [2.24, 2.45) is 5.92 Å². The van der Waals surface area contributed by atoms with Gasteiger partial charge in [-0.1, -0.05) is 25.7 Å². The van der Waals surface area contributed by atoms with E-state index >= 15 is 0 Å². The third-order valence-corrected chi connectivity index (χ3v) is 4.79. The SMILES string of the molecule is C1CCC(COCCCCCN2CCCCC2)CC1. The van der Waals surface area contributed by atoms with Crippen LogP contribution in [-0.4, -0.2) is 37.7 Å². The van der Waals surface area contributed by atoms with Gasteiger partial charge in [0.25, 0.3) is 0 Å². The molecule has 1 heterocycles. The van der Waals surface area contributed by atoms with E-state index in [1.807, 2.05) is 0 Å². The van der Waals surface area contributed by atoms with Gasteiger partial charge < -0.3 is 9.64 Å². The molecule has 2 rings (SSSR count). The van der Waals surface area contributed by atoms with Gasteiger partial charge in [-0.05, 0) is 70.5 Å². The van der Waals surface area contributed by atoms with Crippen molar-refractivity contribution in [3.05, 3.63) is 0 Å². The predicted molar refractivity (Wildman–Crippen MR) is 81.5 cm³/mol. The van der Waals surface area contributed by atoms with Gasteiger partial charge in [0, 0.05) is 13.2 Å². The molecule has 2 heteroatoms. The highest BCUT2D eigenvalue weighted by molar-refractivity contribution is 4.65. The Bertz CT molecular complexity index is 185. The molecule has 112 valence electrons. The molecule has 0 aromatic carbocycles. The fourth-order valence-corrected chi connectivity index (χ4v) is 3.50. The van der Waals surface area contributed by atoms with Gasteiger partial charge in [-0.25, -0.2) is 0 Å². The molecule has 0 aromatic heterocycles. The van der Waals surface area contributed by atoms with Crippen LogP contribution in [0.4, 0.5) is 0 Å². The average Bonchev–Trinajstić information content (AvgIpc) is 2.48. The van der Waals surface area contributed by atoms with E-state index in [0.717, 1.165) is 19.1 Å². The summed E-state index contributed by atoms with van der Waals surface area (Å²) in [6, 6.07) is 0. The molecule has 0 bridgehead atoms. The lowest BCUT2D eigenvalue weighted by molar-refractivity contribution is 0.0819. The molecule has 0 aromatic rings. The fraction of sp³-hybridized carbons (Fsp3) is 1.00. The van der Waals surface area contributed by atoms with Gasteiger partial charge in [0.2, 0.25) is 0 Å². The molecule has 0 unspecified atom stereocenters. The highest BCUT2D eigenvalue weighted by Crippen LogP contribution is 2.23. The Kier molecular flexibility index (Phi) is 7.87. The van der Waals surface area contributed by atoms with Gasteiger partial charge >= 0.3 is 0 Å². The summed E-state index contributed by atoms with van der Waals surface area (Å²) in [4.78, 5) is 2.65. The standard InChI is InChI=1S/C17H33NO/c1-4-10-17(11-5-1)16-19-15-9-3-8-14-18-12-6-2-7-13-18/h17H,1-16H2. The number of nitrogens with zero attached hydrogens (tertiary/aromatic N) is 1. The maximum absolute atomic E-state index is 5.85. The molecule has 2 fully saturated rings. The van der Waals surface area contributed by atoms with E-state index in [0.29, 0.717) is 0 Å². The Morgan fingerprint density at radius 2 is 1.53 bits per heavy atom. The van der Waals surface area contributed by atoms with E-state index in [2.05, 4.69) is 4.90 Å². The number of unbranched alkanes of at least 4 members (excludes halogenated alkanes) is 2. The summed E-state index contributed by atoms with van der Waals surface area (Å²) in [5, 5.41) is 0. The van der Waals surface area contributed by atoms with Gasteiger partial charge in [0.15, 0.2) is 0 Å². The summed E-state index contributed by atoms with van der Waals surface area (Å²) in [6.45, 7) is 6.04. The Morgan fingerprint density at radius 3 is 2.32 bits per heavy atom. The second-order valence-electron chi connectivity index (χ2n) is 6.54. The number of piperidine rings is 1. The largest absolute Gasteiger partial charge is 0.381 e. The van der Waals surface area contributed by atoms with Crippen LogP contribution in [0.25, 0.3) is 0 Å². The van der Waals surface area contributed by atoms with Crippen molar-refractivity contribution in [1.29, 1.82) is 0 Å². The Labute approximate surface area is 119 Å². The van der Waals surface area contributed by atoms with Crippen LogP contribution in [0.2, 0.25) is 0 Å². The Balaban J connectivity index is 1.35. The quantitative estimate of drug-likeness (QED) is 0.610. The van der Waals surface area contributed by atoms with Crippen LogP contribution in [0.15, 0.2) is 0 Å². The molecular formula is C17H33NO. The zero-order valence-electron chi connectivity index (χ0n) is 12.7. The first kappa shape index (κ1) is 15.3. The highest BCUT2D eigenvalue weighted by Gasteiger charge is 2.13. The first-order chi connectivity index (χ1) is 9.45. The molecular weight excluding hydrogens is 234 g/mol. The van der Waals surface area contributed by atoms with Crippen molar-refractivity contribution in [2.45, 2.75) is 70.6 Å². The molecule has 1 aliphatic heterocycles. The third kappa shape index (κ3) is 6.76. The average molecular weight is 267 g/mol. The van der Waals surface area contributed by atoms with E-state index in [1.54, 1.807) is 0 Å². The maximum Gasteiger partial charge on any atom is 0.0494 e. The molecule has 1 saturated heterocycles. The molecule has 0 spiro atoms. The van der Waals surface area contributed by atoms with Gasteiger partial charge in [-0.15, -0.1) is 0 Å². The molecule has 0 N–H and O–H groups in total. The smallest absolute Gasteiger partial charge is 0.0494 e. The molecule has 1 saturated carbocycles. The van der Waals surface area contributed by atoms with E-state index in [4.69, 9.17) is 4.74 Å². The number of rotatable bonds is 8. The highest BCUT2D eigenvalue weighted by atomic mass is 16.5. The topological polar surface area (TPSA) is 12.5 Å². The summed E-state index contributed by atoms with van der Waals surface area (Å²) in [5.41, 5.74) is 0. The number of likely N-dealkylation sites (tertiary alicyclic amines) is 1. The lowest BCUT2D eigenvalue weighted by Gasteiger charge is -2.26. The van der Waals surface area contributed by atoms with E-state index < -0.39 is 0 Å². The number of hydrogen-bond acceptors (Lipinski definition) is 2. The Morgan fingerprint density at radius 1 is 0.789 bits per heavy atom. The van der Waals surface area contributed by atoms with Gasteiger partial charge in [-0.2, -0.15) is 0 Å². The third-order valence-electron chi connectivity index (χ3n) is 4.79. The van der Waals surface area contributed by atoms with Crippen LogP contribution in [-0.2, 0) is 4.74 Å². The van der Waals surface area contributed by atoms with Gasteiger partial charge in [-0.3, -0.25) is 0 Å². The first-order valence-electron chi connectivity index (χ1n) is 8.75. The van der Waals surface area contributed by atoms with Gasteiger partial charge in [0.05, 0.1) is 0 Å². The van der Waals surface area contributed by atoms with Crippen molar-refractivity contribution in [2.75, 3.05) is 32.8 Å².